The van der Waals surface area contributed by atoms with Crippen molar-refractivity contribution in [3.05, 3.63) is 28.8 Å². The molecule has 1 aliphatic carbocycles. The summed E-state index contributed by atoms with van der Waals surface area (Å²) in [5, 5.41) is 12.3. The molecule has 1 amide bonds. The molecule has 22 heavy (non-hydrogen) atoms. The number of hydrogen-bond donors (Lipinski definition) is 2. The normalized spacial score (nSPS) is 16.9. The van der Waals surface area contributed by atoms with Crippen LogP contribution in [0, 0.1) is 13.8 Å². The number of aryl methyl sites for hydroxylation is 2. The molecule has 1 aromatic carbocycles. The number of carbonyl (C=O) groups is 2. The molecule has 0 aromatic heterocycles. The third-order valence-electron chi connectivity index (χ3n) is 4.40. The van der Waals surface area contributed by atoms with Gasteiger partial charge >= 0.3 is 5.97 Å². The van der Waals surface area contributed by atoms with Gasteiger partial charge in [-0.3, -0.25) is 4.79 Å². The van der Waals surface area contributed by atoms with Crippen molar-refractivity contribution in [1.82, 2.24) is 5.32 Å². The van der Waals surface area contributed by atoms with Gasteiger partial charge in [-0.25, -0.2) is 4.79 Å². The standard InChI is InChI=1S/C17H23NO4/c1-11-9-13(10-12(2)14(11)22-3)15(19)18-17(16(20)21)7-5-4-6-8-17/h9-10H,4-8H2,1-3H3,(H,18,19)(H,20,21). The maximum Gasteiger partial charge on any atom is 0.329 e. The van der Waals surface area contributed by atoms with Crippen molar-refractivity contribution in [2.24, 2.45) is 0 Å². The van der Waals surface area contributed by atoms with Crippen LogP contribution in [0.15, 0.2) is 12.1 Å². The predicted octanol–water partition coefficient (Wildman–Crippen LogP) is 2.83. The Kier molecular flexibility index (Phi) is 4.74. The summed E-state index contributed by atoms with van der Waals surface area (Å²) < 4.78 is 5.29. The van der Waals surface area contributed by atoms with Crippen LogP contribution in [-0.2, 0) is 4.79 Å². The van der Waals surface area contributed by atoms with E-state index < -0.39 is 11.5 Å². The van der Waals surface area contributed by atoms with Gasteiger partial charge in [0, 0.05) is 5.56 Å². The lowest BCUT2D eigenvalue weighted by molar-refractivity contribution is -0.145. The fraction of sp³-hybridized carbons (Fsp3) is 0.529. The molecule has 5 heteroatoms. The van der Waals surface area contributed by atoms with E-state index in [-0.39, 0.29) is 5.91 Å². The number of carbonyl (C=O) groups excluding carboxylic acids is 1. The number of carboxylic acid groups (broad SMARTS) is 1. The average molecular weight is 305 g/mol. The van der Waals surface area contributed by atoms with Gasteiger partial charge < -0.3 is 15.2 Å². The van der Waals surface area contributed by atoms with Crippen LogP contribution in [0.2, 0.25) is 0 Å². The van der Waals surface area contributed by atoms with Gasteiger partial charge in [-0.15, -0.1) is 0 Å². The molecule has 2 rings (SSSR count). The number of carboxylic acids is 1. The number of amides is 1. The molecular formula is C17H23NO4. The van der Waals surface area contributed by atoms with E-state index in [1.54, 1.807) is 19.2 Å². The molecule has 120 valence electrons. The fourth-order valence-corrected chi connectivity index (χ4v) is 3.24. The Morgan fingerprint density at radius 3 is 2.14 bits per heavy atom. The van der Waals surface area contributed by atoms with Crippen LogP contribution >= 0.6 is 0 Å². The molecule has 1 saturated carbocycles. The van der Waals surface area contributed by atoms with E-state index in [2.05, 4.69) is 5.32 Å². The van der Waals surface area contributed by atoms with Gasteiger partial charge in [0.25, 0.3) is 5.91 Å². The van der Waals surface area contributed by atoms with Crippen molar-refractivity contribution in [3.63, 3.8) is 0 Å². The number of nitrogens with one attached hydrogen (secondary N) is 1. The van der Waals surface area contributed by atoms with Crippen molar-refractivity contribution in [3.8, 4) is 5.75 Å². The van der Waals surface area contributed by atoms with Crippen LogP contribution in [0.25, 0.3) is 0 Å². The highest BCUT2D eigenvalue weighted by atomic mass is 16.5. The molecule has 0 unspecified atom stereocenters. The number of aliphatic carboxylic acids is 1. The second kappa shape index (κ2) is 6.38. The number of benzene rings is 1. The molecule has 1 aromatic rings. The minimum atomic E-state index is -1.13. The summed E-state index contributed by atoms with van der Waals surface area (Å²) in [6.07, 6.45) is 3.65. The first-order chi connectivity index (χ1) is 10.4. The van der Waals surface area contributed by atoms with E-state index in [9.17, 15) is 14.7 Å². The smallest absolute Gasteiger partial charge is 0.329 e. The summed E-state index contributed by atoms with van der Waals surface area (Å²) in [4.78, 5) is 24.2. The lowest BCUT2D eigenvalue weighted by atomic mass is 9.81. The second-order valence-corrected chi connectivity index (χ2v) is 6.05. The zero-order chi connectivity index (χ0) is 16.3. The van der Waals surface area contributed by atoms with E-state index in [4.69, 9.17) is 4.74 Å². The Morgan fingerprint density at radius 1 is 1.14 bits per heavy atom. The molecule has 0 atom stereocenters. The topological polar surface area (TPSA) is 75.6 Å². The van der Waals surface area contributed by atoms with E-state index >= 15 is 0 Å². The van der Waals surface area contributed by atoms with E-state index in [0.29, 0.717) is 18.4 Å². The van der Waals surface area contributed by atoms with E-state index in [1.807, 2.05) is 13.8 Å². The summed E-state index contributed by atoms with van der Waals surface area (Å²) >= 11 is 0. The fourth-order valence-electron chi connectivity index (χ4n) is 3.24. The highest BCUT2D eigenvalue weighted by Gasteiger charge is 2.41. The summed E-state index contributed by atoms with van der Waals surface area (Å²) in [5.41, 5.74) is 1.07. The molecule has 0 saturated heterocycles. The van der Waals surface area contributed by atoms with Gasteiger partial charge in [-0.05, 0) is 49.9 Å². The van der Waals surface area contributed by atoms with Crippen LogP contribution in [0.5, 0.6) is 5.75 Å². The number of methoxy groups -OCH3 is 1. The zero-order valence-electron chi connectivity index (χ0n) is 13.4. The van der Waals surface area contributed by atoms with Gasteiger partial charge in [0.1, 0.15) is 11.3 Å². The highest BCUT2D eigenvalue weighted by molar-refractivity contribution is 5.98. The first-order valence-corrected chi connectivity index (χ1v) is 7.61. The Hall–Kier alpha value is -2.04. The molecule has 2 N–H and O–H groups in total. The summed E-state index contributed by atoms with van der Waals surface area (Å²) in [7, 11) is 1.59. The van der Waals surface area contributed by atoms with Crippen LogP contribution in [0.1, 0.15) is 53.6 Å². The molecular weight excluding hydrogens is 282 g/mol. The van der Waals surface area contributed by atoms with E-state index in [1.165, 1.54) is 0 Å². The Bertz CT molecular complexity index is 565. The Balaban J connectivity index is 2.26. The van der Waals surface area contributed by atoms with Gasteiger partial charge in [0.05, 0.1) is 7.11 Å². The Labute approximate surface area is 130 Å². The van der Waals surface area contributed by atoms with Gasteiger partial charge in [-0.2, -0.15) is 0 Å². The Morgan fingerprint density at radius 2 is 1.68 bits per heavy atom. The third-order valence-corrected chi connectivity index (χ3v) is 4.40. The van der Waals surface area contributed by atoms with Crippen molar-refractivity contribution in [2.75, 3.05) is 7.11 Å². The SMILES string of the molecule is COc1c(C)cc(C(=O)NC2(C(=O)O)CCCCC2)cc1C. The predicted molar refractivity (Wildman–Crippen MR) is 83.4 cm³/mol. The molecule has 0 radical (unpaired) electrons. The van der Waals surface area contributed by atoms with Gasteiger partial charge in [0.15, 0.2) is 0 Å². The highest BCUT2D eigenvalue weighted by Crippen LogP contribution is 2.30. The number of hydrogen-bond acceptors (Lipinski definition) is 3. The maximum absolute atomic E-state index is 12.5. The van der Waals surface area contributed by atoms with Gasteiger partial charge in [-0.1, -0.05) is 19.3 Å². The van der Waals surface area contributed by atoms with Crippen LogP contribution in [-0.4, -0.2) is 29.6 Å². The second-order valence-electron chi connectivity index (χ2n) is 6.05. The van der Waals surface area contributed by atoms with Crippen LogP contribution in [0.4, 0.5) is 0 Å². The summed E-state index contributed by atoms with van der Waals surface area (Å²) in [6.45, 7) is 3.74. The lowest BCUT2D eigenvalue weighted by Crippen LogP contribution is -2.55. The lowest BCUT2D eigenvalue weighted by Gasteiger charge is -2.34. The first-order valence-electron chi connectivity index (χ1n) is 7.61. The minimum absolute atomic E-state index is 0.335. The van der Waals surface area contributed by atoms with Gasteiger partial charge in [0.2, 0.25) is 0 Å². The molecule has 0 bridgehead atoms. The van der Waals surface area contributed by atoms with Crippen molar-refractivity contribution in [2.45, 2.75) is 51.5 Å². The van der Waals surface area contributed by atoms with Crippen LogP contribution < -0.4 is 10.1 Å². The summed E-state index contributed by atoms with van der Waals surface area (Å²) in [5.74, 6) is -0.525. The third kappa shape index (κ3) is 3.08. The maximum atomic E-state index is 12.5. The molecule has 0 spiro atoms. The average Bonchev–Trinajstić information content (AvgIpc) is 2.47. The molecule has 0 heterocycles. The number of ether oxygens (including phenoxy) is 1. The van der Waals surface area contributed by atoms with E-state index in [0.717, 1.165) is 36.1 Å². The molecule has 0 aliphatic heterocycles. The number of rotatable bonds is 4. The zero-order valence-corrected chi connectivity index (χ0v) is 13.4. The summed E-state index contributed by atoms with van der Waals surface area (Å²) in [6, 6.07) is 3.47. The van der Waals surface area contributed by atoms with Crippen molar-refractivity contribution in [1.29, 1.82) is 0 Å². The molecule has 5 nitrogen and oxygen atoms in total. The van der Waals surface area contributed by atoms with Crippen molar-refractivity contribution >= 4 is 11.9 Å². The van der Waals surface area contributed by atoms with Crippen LogP contribution in [0.3, 0.4) is 0 Å². The largest absolute Gasteiger partial charge is 0.496 e. The minimum Gasteiger partial charge on any atom is -0.496 e. The molecule has 1 aliphatic rings. The molecule has 1 fully saturated rings. The van der Waals surface area contributed by atoms with Crippen molar-refractivity contribution < 1.29 is 19.4 Å². The quantitative estimate of drug-likeness (QED) is 0.897. The first kappa shape index (κ1) is 16.3. The monoisotopic (exact) mass is 305 g/mol.